The Hall–Kier alpha value is -3.87. The van der Waals surface area contributed by atoms with Crippen LogP contribution >= 0.6 is 0 Å². The third-order valence-electron chi connectivity index (χ3n) is 6.32. The molecule has 1 aromatic heterocycles. The van der Waals surface area contributed by atoms with Gasteiger partial charge in [0, 0.05) is 43.5 Å². The van der Waals surface area contributed by atoms with Gasteiger partial charge in [0.2, 0.25) is 5.91 Å². The number of hydrogen-bond acceptors (Lipinski definition) is 6. The minimum Gasteiger partial charge on any atom is -0.462 e. The topological polar surface area (TPSA) is 72.0 Å². The lowest BCUT2D eigenvalue weighted by Crippen LogP contribution is -2.39. The quantitative estimate of drug-likeness (QED) is 0.546. The summed E-state index contributed by atoms with van der Waals surface area (Å²) < 4.78 is 11.1. The molecule has 2 aliphatic heterocycles. The van der Waals surface area contributed by atoms with Crippen molar-refractivity contribution < 1.29 is 19.1 Å². The highest BCUT2D eigenvalue weighted by atomic mass is 16.5. The Kier molecular flexibility index (Phi) is 6.16. The maximum absolute atomic E-state index is 13.8. The number of pyridine rings is 1. The summed E-state index contributed by atoms with van der Waals surface area (Å²) in [5, 5.41) is 0. The molecule has 0 aliphatic carbocycles. The largest absolute Gasteiger partial charge is 0.462 e. The van der Waals surface area contributed by atoms with Gasteiger partial charge in [-0.1, -0.05) is 36.4 Å². The van der Waals surface area contributed by atoms with E-state index in [1.54, 1.807) is 19.2 Å². The Labute approximate surface area is 198 Å². The minimum absolute atomic E-state index is 0.0932. The summed E-state index contributed by atoms with van der Waals surface area (Å²) in [6.07, 6.45) is 2.39. The summed E-state index contributed by atoms with van der Waals surface area (Å²) in [6.45, 7) is 4.85. The van der Waals surface area contributed by atoms with Gasteiger partial charge in [0.15, 0.2) is 0 Å². The van der Waals surface area contributed by atoms with Gasteiger partial charge in [-0.25, -0.2) is 9.78 Å². The maximum atomic E-state index is 13.8. The van der Waals surface area contributed by atoms with Crippen LogP contribution < -0.4 is 9.64 Å². The molecule has 7 nitrogen and oxygen atoms in total. The molecule has 0 N–H and O–H groups in total. The van der Waals surface area contributed by atoms with Crippen LogP contribution in [0.4, 0.5) is 5.82 Å². The molecule has 34 heavy (non-hydrogen) atoms. The maximum Gasteiger partial charge on any atom is 0.339 e. The van der Waals surface area contributed by atoms with Crippen molar-refractivity contribution in [3.63, 3.8) is 0 Å². The average Bonchev–Trinajstić information content (AvgIpc) is 3.13. The standard InChI is InChI=1S/C27H27N3O4/c1-2-33-27(32)19-12-13-24(28-18-19)29-14-7-15-30(17-16-29)26(31)25-20-8-3-5-10-22(20)34-23-11-6-4-9-21(23)25/h3-6,8-13,18,25H,2,7,14-17H2,1H3. The van der Waals surface area contributed by atoms with Gasteiger partial charge in [-0.3, -0.25) is 4.79 Å². The zero-order chi connectivity index (χ0) is 23.5. The molecule has 0 bridgehead atoms. The van der Waals surface area contributed by atoms with Gasteiger partial charge in [0.25, 0.3) is 0 Å². The van der Waals surface area contributed by atoms with Crippen molar-refractivity contribution in [3.8, 4) is 11.5 Å². The van der Waals surface area contributed by atoms with Crippen molar-refractivity contribution in [3.05, 3.63) is 83.6 Å². The first-order valence-electron chi connectivity index (χ1n) is 11.7. The number of hydrogen-bond donors (Lipinski definition) is 0. The number of amides is 1. The molecule has 0 saturated carbocycles. The number of para-hydroxylation sites is 2. The molecule has 2 aromatic carbocycles. The SMILES string of the molecule is CCOC(=O)c1ccc(N2CCCN(C(=O)C3c4ccccc4Oc4ccccc43)CC2)nc1. The Balaban J connectivity index is 1.33. The summed E-state index contributed by atoms with van der Waals surface area (Å²) in [5.41, 5.74) is 2.25. The fraction of sp³-hybridized carbons (Fsp3) is 0.296. The van der Waals surface area contributed by atoms with Crippen molar-refractivity contribution in [2.45, 2.75) is 19.3 Å². The van der Waals surface area contributed by atoms with E-state index in [0.29, 0.717) is 31.8 Å². The van der Waals surface area contributed by atoms with Crippen LogP contribution in [0.3, 0.4) is 0 Å². The number of nitrogens with zero attached hydrogens (tertiary/aromatic N) is 3. The number of aromatic nitrogens is 1. The highest BCUT2D eigenvalue weighted by Gasteiger charge is 2.35. The van der Waals surface area contributed by atoms with Crippen LogP contribution in [0.5, 0.6) is 11.5 Å². The highest BCUT2D eigenvalue weighted by molar-refractivity contribution is 5.90. The molecule has 3 aromatic rings. The van der Waals surface area contributed by atoms with Gasteiger partial charge in [-0.15, -0.1) is 0 Å². The van der Waals surface area contributed by atoms with E-state index in [-0.39, 0.29) is 17.8 Å². The highest BCUT2D eigenvalue weighted by Crippen LogP contribution is 2.44. The number of esters is 1. The second-order valence-electron chi connectivity index (χ2n) is 8.40. The van der Waals surface area contributed by atoms with Gasteiger partial charge in [0.05, 0.1) is 18.1 Å². The van der Waals surface area contributed by atoms with Gasteiger partial charge in [-0.05, 0) is 37.6 Å². The number of carbonyl (C=O) groups is 2. The molecular weight excluding hydrogens is 430 g/mol. The normalized spacial score (nSPS) is 15.6. The van der Waals surface area contributed by atoms with E-state index < -0.39 is 0 Å². The molecule has 7 heteroatoms. The Morgan fingerprint density at radius 2 is 1.65 bits per heavy atom. The van der Waals surface area contributed by atoms with Crippen LogP contribution in [0.15, 0.2) is 66.9 Å². The van der Waals surface area contributed by atoms with Crippen LogP contribution in [-0.4, -0.2) is 54.5 Å². The summed E-state index contributed by atoms with van der Waals surface area (Å²) in [5.74, 6) is 1.62. The van der Waals surface area contributed by atoms with E-state index in [1.807, 2.05) is 59.5 Å². The first kappa shape index (κ1) is 21.9. The van der Waals surface area contributed by atoms with E-state index in [9.17, 15) is 9.59 Å². The molecule has 2 aliphatic rings. The van der Waals surface area contributed by atoms with Gasteiger partial charge >= 0.3 is 5.97 Å². The van der Waals surface area contributed by atoms with E-state index in [2.05, 4.69) is 9.88 Å². The van der Waals surface area contributed by atoms with Gasteiger partial charge < -0.3 is 19.3 Å². The minimum atomic E-state index is -0.380. The van der Waals surface area contributed by atoms with Crippen molar-refractivity contribution in [1.82, 2.24) is 9.88 Å². The molecule has 3 heterocycles. The average molecular weight is 458 g/mol. The van der Waals surface area contributed by atoms with Crippen LogP contribution in [0, 0.1) is 0 Å². The Bertz CT molecular complexity index is 1150. The Morgan fingerprint density at radius 1 is 0.941 bits per heavy atom. The molecule has 0 unspecified atom stereocenters. The summed E-state index contributed by atoms with van der Waals surface area (Å²) in [4.78, 5) is 34.3. The molecule has 1 fully saturated rings. The lowest BCUT2D eigenvalue weighted by atomic mass is 9.87. The first-order valence-corrected chi connectivity index (χ1v) is 11.7. The van der Waals surface area contributed by atoms with Crippen LogP contribution in [-0.2, 0) is 9.53 Å². The zero-order valence-corrected chi connectivity index (χ0v) is 19.1. The molecule has 1 saturated heterocycles. The van der Waals surface area contributed by atoms with Crippen LogP contribution in [0.1, 0.15) is 40.7 Å². The lowest BCUT2D eigenvalue weighted by Gasteiger charge is -2.31. The fourth-order valence-corrected chi connectivity index (χ4v) is 4.63. The van der Waals surface area contributed by atoms with Gasteiger partial charge in [0.1, 0.15) is 17.3 Å². The number of carbonyl (C=O) groups excluding carboxylic acids is 2. The van der Waals surface area contributed by atoms with E-state index in [4.69, 9.17) is 9.47 Å². The predicted octanol–water partition coefficient (Wildman–Crippen LogP) is 4.23. The summed E-state index contributed by atoms with van der Waals surface area (Å²) >= 11 is 0. The molecule has 5 rings (SSSR count). The number of ether oxygens (including phenoxy) is 2. The number of benzene rings is 2. The molecule has 1 amide bonds. The number of rotatable bonds is 4. The second kappa shape index (κ2) is 9.55. The summed E-state index contributed by atoms with van der Waals surface area (Å²) in [7, 11) is 0. The fourth-order valence-electron chi connectivity index (χ4n) is 4.63. The summed E-state index contributed by atoms with van der Waals surface area (Å²) in [6, 6.07) is 19.1. The predicted molar refractivity (Wildman–Crippen MR) is 128 cm³/mol. The molecule has 0 spiro atoms. The van der Waals surface area contributed by atoms with Crippen molar-refractivity contribution in [2.24, 2.45) is 0 Å². The van der Waals surface area contributed by atoms with E-state index in [0.717, 1.165) is 41.4 Å². The second-order valence-corrected chi connectivity index (χ2v) is 8.40. The zero-order valence-electron chi connectivity index (χ0n) is 19.1. The first-order chi connectivity index (χ1) is 16.7. The smallest absolute Gasteiger partial charge is 0.339 e. The molecule has 174 valence electrons. The third kappa shape index (κ3) is 4.21. The third-order valence-corrected chi connectivity index (χ3v) is 6.32. The number of anilines is 1. The molecule has 0 radical (unpaired) electrons. The Morgan fingerprint density at radius 3 is 2.29 bits per heavy atom. The molecule has 0 atom stereocenters. The van der Waals surface area contributed by atoms with Crippen molar-refractivity contribution >= 4 is 17.7 Å². The molecular formula is C27H27N3O4. The van der Waals surface area contributed by atoms with Crippen LogP contribution in [0.2, 0.25) is 0 Å². The van der Waals surface area contributed by atoms with Crippen molar-refractivity contribution in [2.75, 3.05) is 37.7 Å². The monoisotopic (exact) mass is 457 g/mol. The van der Waals surface area contributed by atoms with E-state index in [1.165, 1.54) is 0 Å². The van der Waals surface area contributed by atoms with Gasteiger partial charge in [-0.2, -0.15) is 0 Å². The van der Waals surface area contributed by atoms with E-state index >= 15 is 0 Å². The number of fused-ring (bicyclic) bond motifs is 2. The van der Waals surface area contributed by atoms with Crippen molar-refractivity contribution in [1.29, 1.82) is 0 Å². The van der Waals surface area contributed by atoms with Crippen LogP contribution in [0.25, 0.3) is 0 Å². The lowest BCUT2D eigenvalue weighted by molar-refractivity contribution is -0.131.